The van der Waals surface area contributed by atoms with Crippen molar-refractivity contribution in [3.63, 3.8) is 0 Å². The van der Waals surface area contributed by atoms with Crippen LogP contribution in [-0.2, 0) is 37.5 Å². The van der Waals surface area contributed by atoms with Gasteiger partial charge in [-0.05, 0) is 57.5 Å². The minimum Gasteiger partial charge on any atom is -0.481 e. The quantitative estimate of drug-likeness (QED) is 0.562. The fourth-order valence-electron chi connectivity index (χ4n) is 7.03. The fraction of sp³-hybridized carbons (Fsp3) is 0.467. The Kier molecular flexibility index (Phi) is 5.90. The van der Waals surface area contributed by atoms with E-state index in [0.717, 1.165) is 23.2 Å². The third-order valence-electron chi connectivity index (χ3n) is 9.12. The number of aliphatic hydroxyl groups excluding tert-OH is 1. The Labute approximate surface area is 221 Å². The highest BCUT2D eigenvalue weighted by molar-refractivity contribution is 5.83. The second-order valence-electron chi connectivity index (χ2n) is 11.0. The van der Waals surface area contributed by atoms with Crippen LogP contribution in [-0.4, -0.2) is 64.5 Å². The maximum Gasteiger partial charge on any atom is 0.352 e. The first-order chi connectivity index (χ1) is 18.2. The zero-order valence-corrected chi connectivity index (χ0v) is 21.8. The molecule has 2 aliphatic carbocycles. The minimum absolute atomic E-state index is 0.117. The van der Waals surface area contributed by atoms with Crippen molar-refractivity contribution in [2.24, 2.45) is 0 Å². The topological polar surface area (TPSA) is 106 Å². The molecule has 38 heavy (non-hydrogen) atoms. The molecule has 2 aliphatic heterocycles. The fourth-order valence-corrected chi connectivity index (χ4v) is 7.03. The van der Waals surface area contributed by atoms with E-state index in [2.05, 4.69) is 4.90 Å². The van der Waals surface area contributed by atoms with Crippen LogP contribution in [0.15, 0.2) is 54.3 Å². The summed E-state index contributed by atoms with van der Waals surface area (Å²) in [4.78, 5) is 28.1. The van der Waals surface area contributed by atoms with Gasteiger partial charge in [0.2, 0.25) is 0 Å². The third-order valence-corrected chi connectivity index (χ3v) is 9.12. The van der Waals surface area contributed by atoms with Gasteiger partial charge < -0.3 is 29.3 Å². The Morgan fingerprint density at radius 3 is 2.66 bits per heavy atom. The van der Waals surface area contributed by atoms with Crippen LogP contribution >= 0.6 is 0 Å². The minimum atomic E-state index is -1.13. The van der Waals surface area contributed by atoms with Gasteiger partial charge in [-0.25, -0.2) is 4.79 Å². The summed E-state index contributed by atoms with van der Waals surface area (Å²) in [5.74, 6) is -0.852. The standard InChI is InChI=1S/C30H33NO7/c1-17(19-7-5-4-6-8-19)27(33)36-18(2)28(34)37-22-11-12-30(35)23-15-20-9-10-21(16-32)25-24(20)29(30,26(22)38-25)13-14-31(23)3/h4-11,17-18,23,26,32,35H,12-16H2,1-3H3/t17-,18-,23+,26?,29?,30+/m0/s1. The lowest BCUT2D eigenvalue weighted by Crippen LogP contribution is -2.74. The Hall–Kier alpha value is -3.20. The number of ether oxygens (including phenoxy) is 3. The number of hydrogen-bond donors (Lipinski definition) is 2. The number of carbonyl (C=O) groups excluding carboxylic acids is 2. The van der Waals surface area contributed by atoms with Gasteiger partial charge in [-0.15, -0.1) is 0 Å². The molecule has 0 radical (unpaired) electrons. The van der Waals surface area contributed by atoms with Crippen LogP contribution in [0.3, 0.4) is 0 Å². The SMILES string of the molecule is C[C@H](OC(=O)[C@@H](C)c1ccccc1)C(=O)OC1=CC[C@@]2(O)[C@H]3Cc4ccc(CO)c5c4C2(CCN3C)C1O5. The van der Waals surface area contributed by atoms with E-state index in [-0.39, 0.29) is 12.6 Å². The van der Waals surface area contributed by atoms with Gasteiger partial charge in [-0.2, -0.15) is 0 Å². The van der Waals surface area contributed by atoms with Gasteiger partial charge in [0.15, 0.2) is 12.2 Å². The van der Waals surface area contributed by atoms with E-state index in [9.17, 15) is 19.8 Å². The molecule has 2 bridgehead atoms. The molecule has 2 heterocycles. The van der Waals surface area contributed by atoms with Crippen molar-refractivity contribution >= 4 is 11.9 Å². The van der Waals surface area contributed by atoms with Crippen molar-refractivity contribution in [1.82, 2.24) is 4.90 Å². The Balaban J connectivity index is 1.28. The molecule has 1 saturated heterocycles. The molecule has 8 heteroatoms. The molecule has 0 aromatic heterocycles. The number of rotatable bonds is 6. The molecular formula is C30H33NO7. The van der Waals surface area contributed by atoms with Crippen LogP contribution in [0, 0.1) is 0 Å². The summed E-state index contributed by atoms with van der Waals surface area (Å²) in [6.45, 7) is 3.79. The van der Waals surface area contributed by atoms with Crippen molar-refractivity contribution in [1.29, 1.82) is 0 Å². The zero-order valence-electron chi connectivity index (χ0n) is 21.8. The van der Waals surface area contributed by atoms with Crippen LogP contribution < -0.4 is 4.74 Å². The highest BCUT2D eigenvalue weighted by Gasteiger charge is 2.71. The first-order valence-corrected chi connectivity index (χ1v) is 13.2. The maximum atomic E-state index is 13.1. The molecule has 8 nitrogen and oxygen atoms in total. The van der Waals surface area contributed by atoms with Gasteiger partial charge >= 0.3 is 11.9 Å². The lowest BCUT2D eigenvalue weighted by atomic mass is 9.50. The van der Waals surface area contributed by atoms with Crippen molar-refractivity contribution in [3.05, 3.63) is 76.6 Å². The first kappa shape index (κ1) is 25.1. The van der Waals surface area contributed by atoms with Crippen molar-refractivity contribution in [3.8, 4) is 5.75 Å². The maximum absolute atomic E-state index is 13.1. The summed E-state index contributed by atoms with van der Waals surface area (Å²) in [6, 6.07) is 13.0. The molecule has 6 atom stereocenters. The number of hydrogen-bond acceptors (Lipinski definition) is 8. The normalized spacial score (nSPS) is 30.4. The molecular weight excluding hydrogens is 486 g/mol. The number of benzene rings is 2. The highest BCUT2D eigenvalue weighted by atomic mass is 16.6. The van der Waals surface area contributed by atoms with Gasteiger partial charge in [-0.3, -0.25) is 4.79 Å². The lowest BCUT2D eigenvalue weighted by Gasteiger charge is -2.61. The van der Waals surface area contributed by atoms with Gasteiger partial charge in [0.1, 0.15) is 11.5 Å². The first-order valence-electron chi connectivity index (χ1n) is 13.2. The van der Waals surface area contributed by atoms with Gasteiger partial charge in [-0.1, -0.05) is 42.5 Å². The molecule has 0 saturated carbocycles. The van der Waals surface area contributed by atoms with Crippen LogP contribution in [0.4, 0.5) is 0 Å². The zero-order chi connectivity index (χ0) is 26.8. The van der Waals surface area contributed by atoms with Gasteiger partial charge in [0, 0.05) is 23.6 Å². The molecule has 6 rings (SSSR count). The second kappa shape index (κ2) is 8.93. The van der Waals surface area contributed by atoms with Gasteiger partial charge in [0.05, 0.1) is 23.5 Å². The van der Waals surface area contributed by atoms with E-state index in [1.165, 1.54) is 6.92 Å². The average molecular weight is 520 g/mol. The molecule has 2 unspecified atom stereocenters. The molecule has 2 aromatic carbocycles. The molecule has 1 spiro atoms. The predicted octanol–water partition coefficient (Wildman–Crippen LogP) is 2.74. The van der Waals surface area contributed by atoms with E-state index in [1.807, 2.05) is 49.5 Å². The summed E-state index contributed by atoms with van der Waals surface area (Å²) < 4.78 is 17.8. The number of nitrogens with zero attached hydrogens (tertiary/aromatic N) is 1. The Bertz CT molecular complexity index is 1320. The molecule has 1 fully saturated rings. The Morgan fingerprint density at radius 2 is 1.92 bits per heavy atom. The number of carbonyl (C=O) groups is 2. The summed E-state index contributed by atoms with van der Waals surface area (Å²) >= 11 is 0. The number of aliphatic hydroxyl groups is 2. The summed E-state index contributed by atoms with van der Waals surface area (Å²) in [6.07, 6.45) is 1.47. The molecule has 2 N–H and O–H groups in total. The predicted molar refractivity (Wildman–Crippen MR) is 137 cm³/mol. The van der Waals surface area contributed by atoms with E-state index in [1.54, 1.807) is 13.0 Å². The summed E-state index contributed by atoms with van der Waals surface area (Å²) in [7, 11) is 2.03. The van der Waals surface area contributed by atoms with Crippen LogP contribution in [0.5, 0.6) is 5.75 Å². The number of piperidine rings is 1. The van der Waals surface area contributed by atoms with Crippen LogP contribution in [0.1, 0.15) is 54.9 Å². The molecule has 2 aromatic rings. The van der Waals surface area contributed by atoms with E-state index >= 15 is 0 Å². The van der Waals surface area contributed by atoms with E-state index in [4.69, 9.17) is 14.2 Å². The van der Waals surface area contributed by atoms with E-state index in [0.29, 0.717) is 36.3 Å². The summed E-state index contributed by atoms with van der Waals surface area (Å²) in [5, 5.41) is 22.3. The molecule has 200 valence electrons. The number of likely N-dealkylation sites (tertiary alicyclic amines) is 1. The van der Waals surface area contributed by atoms with Gasteiger partial charge in [0.25, 0.3) is 0 Å². The monoisotopic (exact) mass is 519 g/mol. The highest BCUT2D eigenvalue weighted by Crippen LogP contribution is 2.64. The molecule has 0 amide bonds. The third kappa shape index (κ3) is 3.40. The number of esters is 2. The smallest absolute Gasteiger partial charge is 0.352 e. The van der Waals surface area contributed by atoms with Crippen LogP contribution in [0.2, 0.25) is 0 Å². The lowest BCUT2D eigenvalue weighted by molar-refractivity contribution is -0.175. The van der Waals surface area contributed by atoms with Crippen molar-refractivity contribution in [2.75, 3.05) is 13.6 Å². The second-order valence-corrected chi connectivity index (χ2v) is 11.0. The molecule has 4 aliphatic rings. The number of likely N-dealkylation sites (N-methyl/N-ethyl adjacent to an activating group) is 1. The average Bonchev–Trinajstić information content (AvgIpc) is 3.28. The van der Waals surface area contributed by atoms with E-state index < -0.39 is 41.1 Å². The van der Waals surface area contributed by atoms with Crippen molar-refractivity contribution < 1.29 is 34.0 Å². The van der Waals surface area contributed by atoms with Crippen LogP contribution in [0.25, 0.3) is 0 Å². The Morgan fingerprint density at radius 1 is 1.16 bits per heavy atom. The van der Waals surface area contributed by atoms with Crippen molar-refractivity contribution in [2.45, 2.75) is 74.9 Å². The largest absolute Gasteiger partial charge is 0.481 e. The summed E-state index contributed by atoms with van der Waals surface area (Å²) in [5.41, 5.74) is 1.55.